The first kappa shape index (κ1) is 17.7. The zero-order valence-electron chi connectivity index (χ0n) is 14.8. The molecule has 3 aromatic rings. The van der Waals surface area contributed by atoms with Crippen LogP contribution in [0.1, 0.15) is 30.0 Å². The number of phenolic OH excluding ortho intramolecular Hbond substituents is 1. The van der Waals surface area contributed by atoms with Crippen molar-refractivity contribution in [3.8, 4) is 16.9 Å². The van der Waals surface area contributed by atoms with E-state index in [1.54, 1.807) is 12.1 Å². The molecule has 1 atom stereocenters. The van der Waals surface area contributed by atoms with E-state index in [1.165, 1.54) is 24.4 Å². The minimum Gasteiger partial charge on any atom is -0.508 e. The van der Waals surface area contributed by atoms with Gasteiger partial charge in [0.05, 0.1) is 11.8 Å². The SMILES string of the molecule is Oc1cccc(CN2CCCC(c3[nH]ncc3-c3c(F)cccc3F)C2)c1. The third kappa shape index (κ3) is 3.71. The molecule has 0 amide bonds. The maximum atomic E-state index is 14.2. The molecule has 4 nitrogen and oxygen atoms in total. The molecule has 1 unspecified atom stereocenters. The molecule has 0 radical (unpaired) electrons. The number of benzene rings is 2. The van der Waals surface area contributed by atoms with Crippen molar-refractivity contribution in [1.82, 2.24) is 15.1 Å². The molecule has 0 bridgehead atoms. The summed E-state index contributed by atoms with van der Waals surface area (Å²) in [5, 5.41) is 16.7. The molecule has 140 valence electrons. The van der Waals surface area contributed by atoms with E-state index < -0.39 is 11.6 Å². The average molecular weight is 369 g/mol. The molecular weight excluding hydrogens is 348 g/mol. The first-order valence-corrected chi connectivity index (χ1v) is 9.09. The number of hydrogen-bond donors (Lipinski definition) is 2. The molecule has 1 fully saturated rings. The van der Waals surface area contributed by atoms with Gasteiger partial charge in [-0.15, -0.1) is 0 Å². The monoisotopic (exact) mass is 369 g/mol. The molecule has 27 heavy (non-hydrogen) atoms. The number of aromatic hydroxyl groups is 1. The van der Waals surface area contributed by atoms with Crippen LogP contribution in [0.4, 0.5) is 8.78 Å². The van der Waals surface area contributed by atoms with Crippen LogP contribution in [0.2, 0.25) is 0 Å². The quantitative estimate of drug-likeness (QED) is 0.715. The summed E-state index contributed by atoms with van der Waals surface area (Å²) in [6.45, 7) is 2.44. The summed E-state index contributed by atoms with van der Waals surface area (Å²) in [4.78, 5) is 2.30. The maximum Gasteiger partial charge on any atom is 0.134 e. The molecule has 1 saturated heterocycles. The number of halogens is 2. The van der Waals surface area contributed by atoms with Crippen LogP contribution in [0.5, 0.6) is 5.75 Å². The minimum absolute atomic E-state index is 0.0219. The first-order chi connectivity index (χ1) is 13.1. The molecular formula is C21H21F2N3O. The molecule has 0 saturated carbocycles. The van der Waals surface area contributed by atoms with Crippen LogP contribution in [0.25, 0.3) is 11.1 Å². The Morgan fingerprint density at radius 2 is 1.93 bits per heavy atom. The van der Waals surface area contributed by atoms with Gasteiger partial charge in [0, 0.05) is 30.3 Å². The molecule has 6 heteroatoms. The predicted molar refractivity (Wildman–Crippen MR) is 99.3 cm³/mol. The van der Waals surface area contributed by atoms with Gasteiger partial charge in [-0.05, 0) is 49.2 Å². The summed E-state index contributed by atoms with van der Waals surface area (Å²) in [7, 11) is 0. The second-order valence-electron chi connectivity index (χ2n) is 7.04. The zero-order chi connectivity index (χ0) is 18.8. The van der Waals surface area contributed by atoms with Crippen LogP contribution >= 0.6 is 0 Å². The number of aromatic nitrogens is 2. The number of nitrogens with zero attached hydrogens (tertiary/aromatic N) is 2. The number of hydrogen-bond acceptors (Lipinski definition) is 3. The van der Waals surface area contributed by atoms with Crippen molar-refractivity contribution in [1.29, 1.82) is 0 Å². The van der Waals surface area contributed by atoms with Crippen molar-refractivity contribution < 1.29 is 13.9 Å². The van der Waals surface area contributed by atoms with Crippen molar-refractivity contribution in [2.24, 2.45) is 0 Å². The lowest BCUT2D eigenvalue weighted by atomic mass is 9.90. The van der Waals surface area contributed by atoms with E-state index >= 15 is 0 Å². The lowest BCUT2D eigenvalue weighted by Gasteiger charge is -2.32. The number of H-pyrrole nitrogens is 1. The van der Waals surface area contributed by atoms with E-state index in [9.17, 15) is 13.9 Å². The number of phenols is 1. The van der Waals surface area contributed by atoms with Gasteiger partial charge in [0.25, 0.3) is 0 Å². The molecule has 4 rings (SSSR count). The number of piperidine rings is 1. The summed E-state index contributed by atoms with van der Waals surface area (Å²) in [6.07, 6.45) is 3.43. The fraction of sp³-hybridized carbons (Fsp3) is 0.286. The molecule has 2 heterocycles. The summed E-state index contributed by atoms with van der Waals surface area (Å²) in [5.41, 5.74) is 2.29. The zero-order valence-corrected chi connectivity index (χ0v) is 14.8. The fourth-order valence-corrected chi connectivity index (χ4v) is 3.91. The lowest BCUT2D eigenvalue weighted by Crippen LogP contribution is -2.34. The fourth-order valence-electron chi connectivity index (χ4n) is 3.91. The third-order valence-corrected chi connectivity index (χ3v) is 5.13. The number of aromatic amines is 1. The highest BCUT2D eigenvalue weighted by Crippen LogP contribution is 2.35. The minimum atomic E-state index is -0.579. The Bertz CT molecular complexity index is 920. The normalized spacial score (nSPS) is 17.9. The number of likely N-dealkylation sites (tertiary alicyclic amines) is 1. The predicted octanol–water partition coefficient (Wildman–Crippen LogP) is 4.44. The van der Waals surface area contributed by atoms with Gasteiger partial charge in [-0.25, -0.2) is 8.78 Å². The second kappa shape index (κ2) is 7.48. The lowest BCUT2D eigenvalue weighted by molar-refractivity contribution is 0.198. The van der Waals surface area contributed by atoms with Crippen LogP contribution in [-0.4, -0.2) is 33.3 Å². The van der Waals surface area contributed by atoms with Crippen LogP contribution in [0.15, 0.2) is 48.7 Å². The highest BCUT2D eigenvalue weighted by molar-refractivity contribution is 5.67. The van der Waals surface area contributed by atoms with Gasteiger partial charge in [0.2, 0.25) is 0 Å². The Kier molecular flexibility index (Phi) is 4.90. The highest BCUT2D eigenvalue weighted by Gasteiger charge is 2.27. The average Bonchev–Trinajstić information content (AvgIpc) is 3.11. The Morgan fingerprint density at radius 3 is 2.70 bits per heavy atom. The van der Waals surface area contributed by atoms with E-state index in [1.807, 2.05) is 12.1 Å². The topological polar surface area (TPSA) is 52.1 Å². The molecule has 0 aliphatic carbocycles. The highest BCUT2D eigenvalue weighted by atomic mass is 19.1. The van der Waals surface area contributed by atoms with E-state index in [-0.39, 0.29) is 17.2 Å². The molecule has 2 aromatic carbocycles. The van der Waals surface area contributed by atoms with Gasteiger partial charge in [-0.1, -0.05) is 18.2 Å². The van der Waals surface area contributed by atoms with Crippen LogP contribution in [0, 0.1) is 11.6 Å². The van der Waals surface area contributed by atoms with Crippen molar-refractivity contribution in [3.05, 3.63) is 71.6 Å². The van der Waals surface area contributed by atoms with Gasteiger partial charge in [-0.2, -0.15) is 5.10 Å². The van der Waals surface area contributed by atoms with Gasteiger partial charge >= 0.3 is 0 Å². The summed E-state index contributed by atoms with van der Waals surface area (Å²) >= 11 is 0. The van der Waals surface area contributed by atoms with Gasteiger partial charge in [0.1, 0.15) is 17.4 Å². The summed E-state index contributed by atoms with van der Waals surface area (Å²) < 4.78 is 28.5. The van der Waals surface area contributed by atoms with Crippen molar-refractivity contribution >= 4 is 0 Å². The van der Waals surface area contributed by atoms with Crippen molar-refractivity contribution in [2.45, 2.75) is 25.3 Å². The van der Waals surface area contributed by atoms with Gasteiger partial charge in [-0.3, -0.25) is 10.00 Å². The Labute approximate surface area is 156 Å². The summed E-state index contributed by atoms with van der Waals surface area (Å²) in [5.74, 6) is -0.783. The first-order valence-electron chi connectivity index (χ1n) is 9.09. The van der Waals surface area contributed by atoms with Crippen molar-refractivity contribution in [2.75, 3.05) is 13.1 Å². The maximum absolute atomic E-state index is 14.2. The Balaban J connectivity index is 1.57. The molecule has 1 aliphatic heterocycles. The van der Waals surface area contributed by atoms with E-state index in [4.69, 9.17) is 0 Å². The second-order valence-corrected chi connectivity index (χ2v) is 7.04. The van der Waals surface area contributed by atoms with E-state index in [0.717, 1.165) is 43.7 Å². The molecule has 1 aliphatic rings. The van der Waals surface area contributed by atoms with E-state index in [2.05, 4.69) is 15.1 Å². The van der Waals surface area contributed by atoms with Gasteiger partial charge in [0.15, 0.2) is 0 Å². The van der Waals surface area contributed by atoms with E-state index in [0.29, 0.717) is 5.56 Å². The third-order valence-electron chi connectivity index (χ3n) is 5.13. The number of nitrogens with one attached hydrogen (secondary N) is 1. The van der Waals surface area contributed by atoms with Gasteiger partial charge < -0.3 is 5.11 Å². The van der Waals surface area contributed by atoms with Crippen LogP contribution < -0.4 is 0 Å². The molecule has 2 N–H and O–H groups in total. The standard InChI is InChI=1S/C21H21F2N3O/c22-18-7-2-8-19(23)20(18)17-11-24-25-21(17)15-5-3-9-26(13-15)12-14-4-1-6-16(27)10-14/h1-2,4,6-8,10-11,15,27H,3,5,9,12-13H2,(H,24,25). The number of rotatable bonds is 4. The van der Waals surface area contributed by atoms with Crippen molar-refractivity contribution in [3.63, 3.8) is 0 Å². The molecule has 1 aromatic heterocycles. The Hall–Kier alpha value is -2.73. The smallest absolute Gasteiger partial charge is 0.134 e. The van der Waals surface area contributed by atoms with Crippen LogP contribution in [-0.2, 0) is 6.54 Å². The summed E-state index contributed by atoms with van der Waals surface area (Å²) in [6, 6.07) is 11.1. The van der Waals surface area contributed by atoms with Crippen LogP contribution in [0.3, 0.4) is 0 Å². The largest absolute Gasteiger partial charge is 0.508 e. The molecule has 0 spiro atoms. The Morgan fingerprint density at radius 1 is 1.15 bits per heavy atom.